The Balaban J connectivity index is 1.41. The molecule has 5 rings (SSSR count). The first-order valence-corrected chi connectivity index (χ1v) is 9.92. The second-order valence-electron chi connectivity index (χ2n) is 7.37. The molecule has 0 fully saturated rings. The zero-order chi connectivity index (χ0) is 22.2. The summed E-state index contributed by atoms with van der Waals surface area (Å²) in [4.78, 5) is 26.7. The van der Waals surface area contributed by atoms with E-state index in [-0.39, 0.29) is 17.3 Å². The molecule has 0 spiro atoms. The number of rotatable bonds is 4. The minimum atomic E-state index is -0.562. The van der Waals surface area contributed by atoms with Gasteiger partial charge in [-0.1, -0.05) is 36.4 Å². The lowest BCUT2D eigenvalue weighted by Crippen LogP contribution is -2.05. The molecule has 0 bridgehead atoms. The first-order valence-electron chi connectivity index (χ1n) is 9.92. The van der Waals surface area contributed by atoms with Crippen LogP contribution < -0.4 is 0 Å². The number of aryl methyl sites for hydroxylation is 1. The lowest BCUT2D eigenvalue weighted by atomic mass is 10.1. The standard InChI is InChI=1S/C25H17N3O4/c1-27-22-8-3-2-6-19(22)20-15-16(9-14-23(20)27)5-4-7-21-25(29)32-24(26-21)17-10-12-18(13-11-17)28(30)31/h2-15H,1H3/b5-4+,21-7+. The van der Waals surface area contributed by atoms with E-state index in [1.807, 2.05) is 24.3 Å². The zero-order valence-corrected chi connectivity index (χ0v) is 17.1. The molecule has 4 aromatic rings. The number of aliphatic imine (C=N–C) groups is 1. The van der Waals surface area contributed by atoms with Crippen LogP contribution in [0.4, 0.5) is 5.69 Å². The monoisotopic (exact) mass is 423 g/mol. The molecule has 7 heteroatoms. The maximum absolute atomic E-state index is 12.1. The van der Waals surface area contributed by atoms with E-state index in [0.717, 1.165) is 16.5 Å². The van der Waals surface area contributed by atoms with Crippen LogP contribution in [0.2, 0.25) is 0 Å². The zero-order valence-electron chi connectivity index (χ0n) is 17.1. The van der Waals surface area contributed by atoms with Crippen molar-refractivity contribution >= 4 is 45.4 Å². The van der Waals surface area contributed by atoms with Gasteiger partial charge in [0.15, 0.2) is 5.70 Å². The molecule has 1 aliphatic rings. The summed E-state index contributed by atoms with van der Waals surface area (Å²) < 4.78 is 7.38. The van der Waals surface area contributed by atoms with Gasteiger partial charge in [0.05, 0.1) is 4.92 Å². The lowest BCUT2D eigenvalue weighted by Gasteiger charge is -1.98. The first kappa shape index (κ1) is 19.4. The number of allylic oxidation sites excluding steroid dienone is 2. The van der Waals surface area contributed by atoms with E-state index >= 15 is 0 Å². The van der Waals surface area contributed by atoms with E-state index in [4.69, 9.17) is 4.74 Å². The quantitative estimate of drug-likeness (QED) is 0.197. The Hall–Kier alpha value is -4.52. The molecule has 0 atom stereocenters. The van der Waals surface area contributed by atoms with Crippen molar-refractivity contribution in [2.24, 2.45) is 12.0 Å². The lowest BCUT2D eigenvalue weighted by molar-refractivity contribution is -0.384. The summed E-state index contributed by atoms with van der Waals surface area (Å²) in [6, 6.07) is 20.2. The third-order valence-electron chi connectivity index (χ3n) is 5.43. The van der Waals surface area contributed by atoms with E-state index in [0.29, 0.717) is 5.56 Å². The average molecular weight is 423 g/mol. The molecule has 0 aliphatic carbocycles. The largest absolute Gasteiger partial charge is 0.402 e. The van der Waals surface area contributed by atoms with Crippen LogP contribution in [0.25, 0.3) is 27.9 Å². The molecule has 3 aromatic carbocycles. The number of nitro groups is 1. The number of aromatic nitrogens is 1. The molecular weight excluding hydrogens is 406 g/mol. The highest BCUT2D eigenvalue weighted by Gasteiger charge is 2.24. The average Bonchev–Trinajstić information content (AvgIpc) is 3.32. The van der Waals surface area contributed by atoms with Gasteiger partial charge in [-0.15, -0.1) is 0 Å². The van der Waals surface area contributed by atoms with Crippen LogP contribution in [-0.2, 0) is 16.6 Å². The molecule has 0 saturated heterocycles. The van der Waals surface area contributed by atoms with Gasteiger partial charge in [-0.2, -0.15) is 0 Å². The molecule has 0 amide bonds. The van der Waals surface area contributed by atoms with Crippen LogP contribution in [-0.4, -0.2) is 21.4 Å². The topological polar surface area (TPSA) is 86.7 Å². The molecule has 0 radical (unpaired) electrons. The van der Waals surface area contributed by atoms with Gasteiger partial charge in [0.1, 0.15) is 0 Å². The van der Waals surface area contributed by atoms with E-state index in [9.17, 15) is 14.9 Å². The van der Waals surface area contributed by atoms with Crippen LogP contribution >= 0.6 is 0 Å². The van der Waals surface area contributed by atoms with E-state index in [1.54, 1.807) is 12.2 Å². The van der Waals surface area contributed by atoms with Crippen LogP contribution in [0.5, 0.6) is 0 Å². The Labute approximate surface area is 182 Å². The Bertz CT molecular complexity index is 1490. The van der Waals surface area contributed by atoms with Gasteiger partial charge in [-0.3, -0.25) is 10.1 Å². The number of benzene rings is 3. The molecule has 2 heterocycles. The molecular formula is C25H17N3O4. The van der Waals surface area contributed by atoms with Gasteiger partial charge in [0, 0.05) is 46.5 Å². The smallest absolute Gasteiger partial charge is 0.363 e. The van der Waals surface area contributed by atoms with Crippen LogP contribution in [0.3, 0.4) is 0 Å². The number of nitrogens with zero attached hydrogens (tertiary/aromatic N) is 3. The fourth-order valence-electron chi connectivity index (χ4n) is 3.81. The third-order valence-corrected chi connectivity index (χ3v) is 5.43. The first-order chi connectivity index (χ1) is 15.5. The number of non-ortho nitro benzene ring substituents is 1. The van der Waals surface area contributed by atoms with Crippen LogP contribution in [0.1, 0.15) is 11.1 Å². The predicted octanol–water partition coefficient (Wildman–Crippen LogP) is 5.14. The second-order valence-corrected chi connectivity index (χ2v) is 7.37. The molecule has 0 saturated carbocycles. The molecule has 156 valence electrons. The number of nitro benzene ring substituents is 1. The summed E-state index contributed by atoms with van der Waals surface area (Å²) >= 11 is 0. The molecule has 32 heavy (non-hydrogen) atoms. The SMILES string of the molecule is Cn1c2ccccc2c2cc(/C=C/C=C3/N=C(c4ccc([N+](=O)[O-])cc4)OC3=O)ccc21. The summed E-state index contributed by atoms with van der Waals surface area (Å²) in [7, 11) is 2.05. The fraction of sp³-hybridized carbons (Fsp3) is 0.0400. The molecule has 7 nitrogen and oxygen atoms in total. The number of esters is 1. The van der Waals surface area contributed by atoms with E-state index in [1.165, 1.54) is 35.2 Å². The second kappa shape index (κ2) is 7.63. The Morgan fingerprint density at radius 1 is 1.00 bits per heavy atom. The maximum atomic E-state index is 12.1. The van der Waals surface area contributed by atoms with Gasteiger partial charge in [-0.05, 0) is 42.0 Å². The van der Waals surface area contributed by atoms with E-state index in [2.05, 4.69) is 40.9 Å². The summed E-state index contributed by atoms with van der Waals surface area (Å²) in [6.45, 7) is 0. The molecule has 1 aliphatic heterocycles. The highest BCUT2D eigenvalue weighted by atomic mass is 16.6. The van der Waals surface area contributed by atoms with Gasteiger partial charge in [0.2, 0.25) is 5.90 Å². The van der Waals surface area contributed by atoms with Crippen molar-refractivity contribution < 1.29 is 14.5 Å². The summed E-state index contributed by atoms with van der Waals surface area (Å²) in [5.74, 6) is -0.436. The van der Waals surface area contributed by atoms with Gasteiger partial charge >= 0.3 is 5.97 Å². The summed E-state index contributed by atoms with van der Waals surface area (Å²) in [6.07, 6.45) is 5.25. The van der Waals surface area contributed by atoms with Gasteiger partial charge in [-0.25, -0.2) is 9.79 Å². The number of para-hydroxylation sites is 1. The number of carbonyl (C=O) groups is 1. The number of ether oxygens (including phenoxy) is 1. The molecule has 1 aromatic heterocycles. The maximum Gasteiger partial charge on any atom is 0.363 e. The van der Waals surface area contributed by atoms with Gasteiger partial charge in [0.25, 0.3) is 5.69 Å². The number of cyclic esters (lactones) is 1. The molecule has 0 unspecified atom stereocenters. The Kier molecular flexibility index (Phi) is 4.63. The summed E-state index contributed by atoms with van der Waals surface area (Å²) in [5, 5.41) is 13.1. The third kappa shape index (κ3) is 3.35. The number of hydrogen-bond donors (Lipinski definition) is 0. The molecule has 0 N–H and O–H groups in total. The Morgan fingerprint density at radius 3 is 2.53 bits per heavy atom. The Morgan fingerprint density at radius 2 is 1.75 bits per heavy atom. The normalized spacial score (nSPS) is 15.1. The van der Waals surface area contributed by atoms with E-state index < -0.39 is 10.9 Å². The van der Waals surface area contributed by atoms with Crippen LogP contribution in [0.15, 0.2) is 89.6 Å². The number of fused-ring (bicyclic) bond motifs is 3. The number of hydrogen-bond acceptors (Lipinski definition) is 5. The van der Waals surface area contributed by atoms with Crippen molar-refractivity contribution in [2.45, 2.75) is 0 Å². The summed E-state index contributed by atoms with van der Waals surface area (Å²) in [5.41, 5.74) is 3.95. The van der Waals surface area contributed by atoms with Crippen molar-refractivity contribution in [3.63, 3.8) is 0 Å². The highest BCUT2D eigenvalue weighted by molar-refractivity contribution is 6.11. The van der Waals surface area contributed by atoms with Crippen molar-refractivity contribution in [1.82, 2.24) is 4.57 Å². The predicted molar refractivity (Wildman–Crippen MR) is 123 cm³/mol. The fourth-order valence-corrected chi connectivity index (χ4v) is 3.81. The van der Waals surface area contributed by atoms with Crippen molar-refractivity contribution in [1.29, 1.82) is 0 Å². The van der Waals surface area contributed by atoms with Crippen molar-refractivity contribution in [3.05, 3.63) is 106 Å². The highest BCUT2D eigenvalue weighted by Crippen LogP contribution is 2.29. The van der Waals surface area contributed by atoms with Crippen molar-refractivity contribution in [2.75, 3.05) is 0 Å². The van der Waals surface area contributed by atoms with Crippen molar-refractivity contribution in [3.8, 4) is 0 Å². The minimum absolute atomic E-state index is 0.0412. The number of carbonyl (C=O) groups excluding carboxylic acids is 1. The van der Waals surface area contributed by atoms with Crippen LogP contribution in [0, 0.1) is 10.1 Å². The minimum Gasteiger partial charge on any atom is -0.402 e. The van der Waals surface area contributed by atoms with Gasteiger partial charge < -0.3 is 9.30 Å².